The van der Waals surface area contributed by atoms with Crippen LogP contribution in [0.2, 0.25) is 0 Å². The molecule has 0 aliphatic carbocycles. The van der Waals surface area contributed by atoms with Crippen LogP contribution in [0.1, 0.15) is 12.5 Å². The molecule has 0 saturated carbocycles. The van der Waals surface area contributed by atoms with Crippen LogP contribution in [0, 0.1) is 0 Å². The highest BCUT2D eigenvalue weighted by Gasteiger charge is 1.92. The van der Waals surface area contributed by atoms with E-state index in [0.29, 0.717) is 0 Å². The van der Waals surface area contributed by atoms with Crippen molar-refractivity contribution in [3.8, 4) is 0 Å². The first-order valence-corrected chi connectivity index (χ1v) is 5.62. The van der Waals surface area contributed by atoms with E-state index in [1.54, 1.807) is 0 Å². The fraction of sp³-hybridized carbons (Fsp3) is 0.273. The molecule has 0 fully saturated rings. The van der Waals surface area contributed by atoms with Crippen LogP contribution in [0.5, 0.6) is 0 Å². The van der Waals surface area contributed by atoms with Crippen LogP contribution in [-0.4, -0.2) is 6.26 Å². The maximum absolute atomic E-state index is 3.79. The molecule has 0 aromatic heterocycles. The van der Waals surface area contributed by atoms with E-state index in [2.05, 4.69) is 42.4 Å². The molecule has 0 aliphatic rings. The van der Waals surface area contributed by atoms with Gasteiger partial charge in [-0.15, -0.1) is 0 Å². The molecule has 0 atom stereocenters. The van der Waals surface area contributed by atoms with E-state index < -0.39 is 0 Å². The molecule has 1 aromatic carbocycles. The Kier molecular flexibility index (Phi) is 3.90. The van der Waals surface area contributed by atoms with Crippen LogP contribution in [0.15, 0.2) is 36.5 Å². The van der Waals surface area contributed by atoms with Gasteiger partial charge in [-0.3, -0.25) is 0 Å². The summed E-state index contributed by atoms with van der Waals surface area (Å²) in [5.74, 6) is 1.08. The first kappa shape index (κ1) is 10.2. The lowest BCUT2D eigenvalue weighted by Crippen LogP contribution is -1.93. The number of rotatable bonds is 4. The predicted octanol–water partition coefficient (Wildman–Crippen LogP) is 3.50. The maximum atomic E-state index is 3.79. The summed E-state index contributed by atoms with van der Waals surface area (Å²) in [5.41, 5.74) is 3.44. The largest absolute Gasteiger partial charge is 0.360 e. The second kappa shape index (κ2) is 4.97. The monoisotopic (exact) mass is 193 g/mol. The molecule has 2 heteroatoms. The van der Waals surface area contributed by atoms with E-state index in [9.17, 15) is 0 Å². The van der Waals surface area contributed by atoms with Crippen LogP contribution in [-0.2, 0) is 5.75 Å². The summed E-state index contributed by atoms with van der Waals surface area (Å²) in [6.07, 6.45) is 2.11. The van der Waals surface area contributed by atoms with Crippen molar-refractivity contribution in [1.82, 2.24) is 0 Å². The molecule has 0 bridgehead atoms. The zero-order chi connectivity index (χ0) is 9.68. The predicted molar refractivity (Wildman–Crippen MR) is 62.1 cm³/mol. The topological polar surface area (TPSA) is 12.0 Å². The van der Waals surface area contributed by atoms with Crippen LogP contribution < -0.4 is 5.32 Å². The summed E-state index contributed by atoms with van der Waals surface area (Å²) in [7, 11) is 0. The molecule has 0 spiro atoms. The van der Waals surface area contributed by atoms with E-state index in [0.717, 1.165) is 17.1 Å². The molecule has 0 amide bonds. The Morgan fingerprint density at radius 3 is 2.46 bits per heavy atom. The van der Waals surface area contributed by atoms with Gasteiger partial charge < -0.3 is 5.32 Å². The molecule has 0 heterocycles. The quantitative estimate of drug-likeness (QED) is 0.785. The molecule has 13 heavy (non-hydrogen) atoms. The van der Waals surface area contributed by atoms with Crippen molar-refractivity contribution >= 4 is 17.4 Å². The van der Waals surface area contributed by atoms with E-state index in [1.807, 2.05) is 18.7 Å². The van der Waals surface area contributed by atoms with Crippen LogP contribution >= 0.6 is 11.8 Å². The summed E-state index contributed by atoms with van der Waals surface area (Å²) in [5, 5.41) is 3.17. The summed E-state index contributed by atoms with van der Waals surface area (Å²) >= 11 is 1.84. The van der Waals surface area contributed by atoms with E-state index >= 15 is 0 Å². The van der Waals surface area contributed by atoms with E-state index in [-0.39, 0.29) is 0 Å². The number of nitrogens with one attached hydrogen (secondary N) is 1. The first-order valence-electron chi connectivity index (χ1n) is 4.23. The van der Waals surface area contributed by atoms with Gasteiger partial charge in [0.2, 0.25) is 0 Å². The Balaban J connectivity index is 2.64. The van der Waals surface area contributed by atoms with Crippen molar-refractivity contribution in [2.24, 2.45) is 0 Å². The summed E-state index contributed by atoms with van der Waals surface area (Å²) in [6.45, 7) is 5.75. The Bertz CT molecular complexity index is 277. The molecule has 70 valence electrons. The van der Waals surface area contributed by atoms with Gasteiger partial charge in [-0.05, 0) is 30.9 Å². The lowest BCUT2D eigenvalue weighted by atomic mass is 10.2. The average molecular weight is 193 g/mol. The van der Waals surface area contributed by atoms with Crippen molar-refractivity contribution in [1.29, 1.82) is 0 Å². The van der Waals surface area contributed by atoms with Gasteiger partial charge in [-0.25, -0.2) is 0 Å². The zero-order valence-corrected chi connectivity index (χ0v) is 8.95. The summed E-state index contributed by atoms with van der Waals surface area (Å²) < 4.78 is 0. The number of hydrogen-bond acceptors (Lipinski definition) is 2. The second-order valence-electron chi connectivity index (χ2n) is 3.04. The second-order valence-corrected chi connectivity index (χ2v) is 3.90. The number of thioether (sulfide) groups is 1. The van der Waals surface area contributed by atoms with Gasteiger partial charge in [0.1, 0.15) is 0 Å². The normalized spacial score (nSPS) is 9.69. The molecule has 0 unspecified atom stereocenters. The Morgan fingerprint density at radius 2 is 2.00 bits per heavy atom. The fourth-order valence-corrected chi connectivity index (χ4v) is 1.62. The molecule has 1 nitrogen and oxygen atoms in total. The molecular formula is C11H15NS. The summed E-state index contributed by atoms with van der Waals surface area (Å²) in [4.78, 5) is 0. The van der Waals surface area contributed by atoms with Gasteiger partial charge in [0, 0.05) is 17.1 Å². The van der Waals surface area contributed by atoms with Gasteiger partial charge in [0.15, 0.2) is 0 Å². The minimum atomic E-state index is 0.970. The molecular weight excluding hydrogens is 178 g/mol. The van der Waals surface area contributed by atoms with Gasteiger partial charge in [0.25, 0.3) is 0 Å². The molecule has 0 radical (unpaired) electrons. The lowest BCUT2D eigenvalue weighted by molar-refractivity contribution is 1.37. The average Bonchev–Trinajstić information content (AvgIpc) is 2.08. The third-order valence-electron chi connectivity index (χ3n) is 1.62. The third-order valence-corrected chi connectivity index (χ3v) is 2.24. The van der Waals surface area contributed by atoms with E-state index in [1.165, 1.54) is 5.56 Å². The molecule has 0 aliphatic heterocycles. The van der Waals surface area contributed by atoms with Crippen molar-refractivity contribution in [2.45, 2.75) is 12.7 Å². The number of allylic oxidation sites excluding steroid dienone is 1. The lowest BCUT2D eigenvalue weighted by Gasteiger charge is -2.05. The Labute approximate surface area is 84.2 Å². The molecule has 1 rings (SSSR count). The standard InChI is InChI=1S/C11H15NS/c1-9(2)12-11-6-4-10(5-7-11)8-13-3/h4-7,12H,1,8H2,2-3H3. The highest BCUT2D eigenvalue weighted by molar-refractivity contribution is 7.97. The van der Waals surface area contributed by atoms with Gasteiger partial charge in [0.05, 0.1) is 0 Å². The highest BCUT2D eigenvalue weighted by Crippen LogP contribution is 2.14. The van der Waals surface area contributed by atoms with E-state index in [4.69, 9.17) is 0 Å². The maximum Gasteiger partial charge on any atom is 0.0381 e. The van der Waals surface area contributed by atoms with Gasteiger partial charge in [-0.2, -0.15) is 11.8 Å². The number of anilines is 1. The molecule has 1 N–H and O–H groups in total. The van der Waals surface area contributed by atoms with Crippen molar-refractivity contribution in [2.75, 3.05) is 11.6 Å². The SMILES string of the molecule is C=C(C)Nc1ccc(CSC)cc1. The van der Waals surface area contributed by atoms with Crippen LogP contribution in [0.3, 0.4) is 0 Å². The minimum absolute atomic E-state index is 0.970. The molecule has 1 aromatic rings. The van der Waals surface area contributed by atoms with Gasteiger partial charge in [-0.1, -0.05) is 18.7 Å². The zero-order valence-electron chi connectivity index (χ0n) is 8.13. The third kappa shape index (κ3) is 3.55. The first-order chi connectivity index (χ1) is 6.22. The minimum Gasteiger partial charge on any atom is -0.360 e. The van der Waals surface area contributed by atoms with Crippen molar-refractivity contribution < 1.29 is 0 Å². The smallest absolute Gasteiger partial charge is 0.0381 e. The fourth-order valence-electron chi connectivity index (χ4n) is 1.10. The Hall–Kier alpha value is -0.890. The number of benzene rings is 1. The molecule has 0 saturated heterocycles. The van der Waals surface area contributed by atoms with Gasteiger partial charge >= 0.3 is 0 Å². The number of hydrogen-bond donors (Lipinski definition) is 1. The Morgan fingerprint density at radius 1 is 1.38 bits per heavy atom. The van der Waals surface area contributed by atoms with Crippen molar-refractivity contribution in [3.05, 3.63) is 42.1 Å². The van der Waals surface area contributed by atoms with Crippen LogP contribution in [0.4, 0.5) is 5.69 Å². The highest BCUT2D eigenvalue weighted by atomic mass is 32.2. The van der Waals surface area contributed by atoms with Crippen LogP contribution in [0.25, 0.3) is 0 Å². The van der Waals surface area contributed by atoms with Crippen molar-refractivity contribution in [3.63, 3.8) is 0 Å². The summed E-state index contributed by atoms with van der Waals surface area (Å²) in [6, 6.07) is 8.45.